The maximum atomic E-state index is 14.7. The van der Waals surface area contributed by atoms with Crippen LogP contribution in [0.5, 0.6) is 17.2 Å². The van der Waals surface area contributed by atoms with Crippen LogP contribution in [0.25, 0.3) is 10.9 Å². The fourth-order valence-electron chi connectivity index (χ4n) is 6.76. The van der Waals surface area contributed by atoms with Crippen molar-refractivity contribution in [3.8, 4) is 17.2 Å². The summed E-state index contributed by atoms with van der Waals surface area (Å²) < 4.78 is 31.8. The van der Waals surface area contributed by atoms with Gasteiger partial charge in [-0.25, -0.2) is 4.39 Å². The van der Waals surface area contributed by atoms with E-state index in [1.165, 1.54) is 17.0 Å². The number of benzene rings is 5. The van der Waals surface area contributed by atoms with Gasteiger partial charge in [0.05, 0.1) is 25.3 Å². The monoisotopic (exact) mass is 695 g/mol. The van der Waals surface area contributed by atoms with Crippen LogP contribution < -0.4 is 14.2 Å². The van der Waals surface area contributed by atoms with E-state index in [0.29, 0.717) is 51.3 Å². The molecule has 7 rings (SSSR count). The highest BCUT2D eigenvalue weighted by molar-refractivity contribution is 6.16. The Balaban J connectivity index is 1.44. The molecular weight excluding hydrogens is 657 g/mol. The number of methoxy groups -OCH3 is 2. The van der Waals surface area contributed by atoms with Gasteiger partial charge in [-0.15, -0.1) is 0 Å². The van der Waals surface area contributed by atoms with Crippen LogP contribution in [0.2, 0.25) is 0 Å². The summed E-state index contributed by atoms with van der Waals surface area (Å²) in [6, 6.07) is 33.4. The lowest BCUT2D eigenvalue weighted by molar-refractivity contribution is 0.0758. The Bertz CT molecular complexity index is 2220. The maximum Gasteiger partial charge on any atom is 0.258 e. The lowest BCUT2D eigenvalue weighted by Crippen LogP contribution is -2.24. The van der Waals surface area contributed by atoms with E-state index < -0.39 is 6.10 Å². The molecule has 1 aromatic heterocycles. The van der Waals surface area contributed by atoms with E-state index in [2.05, 4.69) is 0 Å². The molecule has 0 radical (unpaired) electrons. The van der Waals surface area contributed by atoms with Gasteiger partial charge in [-0.05, 0) is 59.0 Å². The lowest BCUT2D eigenvalue weighted by Gasteiger charge is -2.24. The Morgan fingerprint density at radius 1 is 0.865 bits per heavy atom. The van der Waals surface area contributed by atoms with Gasteiger partial charge in [0.2, 0.25) is 0 Å². The van der Waals surface area contributed by atoms with Crippen LogP contribution in [0.3, 0.4) is 0 Å². The number of nitrogens with zero attached hydrogens (tertiary/aromatic N) is 3. The number of amides is 2. The fraction of sp³-hybridized carbons (Fsp3) is 0.186. The van der Waals surface area contributed by atoms with E-state index in [-0.39, 0.29) is 30.7 Å². The van der Waals surface area contributed by atoms with E-state index in [1.807, 2.05) is 78.9 Å². The Morgan fingerprint density at radius 2 is 1.54 bits per heavy atom. The standard InChI is InChI=1S/C43H38FN3O5/c1-46(2)42(48)37-34-22-28(21-27-15-18-32(44)19-16-27)24-45-39(34)41(52-40(29-11-7-5-8-12-29)30-13-9-6-10-14-30)38-35(37)26-47(43(38)49)25-31-17-20-33(50-3)23-36(31)51-4/h5-20,22-24,40H,21,25-26H2,1-4H3. The second-order valence-corrected chi connectivity index (χ2v) is 13.0. The molecule has 0 saturated heterocycles. The van der Waals surface area contributed by atoms with Crippen molar-refractivity contribution in [3.63, 3.8) is 0 Å². The number of fused-ring (bicyclic) bond motifs is 2. The summed E-state index contributed by atoms with van der Waals surface area (Å²) in [5.41, 5.74) is 5.95. The van der Waals surface area contributed by atoms with Crippen LogP contribution in [0.1, 0.15) is 60.2 Å². The Morgan fingerprint density at radius 3 is 2.15 bits per heavy atom. The maximum absolute atomic E-state index is 14.7. The molecule has 262 valence electrons. The molecule has 8 nitrogen and oxygen atoms in total. The molecular formula is C43H38FN3O5. The van der Waals surface area contributed by atoms with Crippen molar-refractivity contribution in [1.29, 1.82) is 0 Å². The van der Waals surface area contributed by atoms with Crippen LogP contribution in [-0.2, 0) is 19.5 Å². The molecule has 2 heterocycles. The quantitative estimate of drug-likeness (QED) is 0.137. The summed E-state index contributed by atoms with van der Waals surface area (Å²) in [6.45, 7) is 0.379. The molecule has 0 aliphatic carbocycles. The van der Waals surface area contributed by atoms with Gasteiger partial charge in [-0.2, -0.15) is 0 Å². The molecule has 5 aromatic carbocycles. The number of halogens is 1. The summed E-state index contributed by atoms with van der Waals surface area (Å²) in [4.78, 5) is 37.1. The minimum Gasteiger partial charge on any atom is -0.497 e. The Labute approximate surface area is 302 Å². The predicted molar refractivity (Wildman–Crippen MR) is 197 cm³/mol. The summed E-state index contributed by atoms with van der Waals surface area (Å²) in [5.74, 6) is 0.662. The fourth-order valence-corrected chi connectivity index (χ4v) is 6.76. The Kier molecular flexibility index (Phi) is 9.59. The van der Waals surface area contributed by atoms with Crippen molar-refractivity contribution in [1.82, 2.24) is 14.8 Å². The first-order valence-electron chi connectivity index (χ1n) is 17.0. The molecule has 0 unspecified atom stereocenters. The first-order valence-corrected chi connectivity index (χ1v) is 17.0. The molecule has 2 amide bonds. The number of carbonyl (C=O) groups excluding carboxylic acids is 2. The molecule has 0 atom stereocenters. The van der Waals surface area contributed by atoms with Crippen molar-refractivity contribution in [3.05, 3.63) is 166 Å². The molecule has 0 fully saturated rings. The third-order valence-electron chi connectivity index (χ3n) is 9.35. The number of rotatable bonds is 11. The van der Waals surface area contributed by atoms with Gasteiger partial charge in [-0.1, -0.05) is 72.8 Å². The molecule has 0 spiro atoms. The minimum absolute atomic E-state index is 0.161. The number of hydrogen-bond acceptors (Lipinski definition) is 6. The van der Waals surface area contributed by atoms with Crippen molar-refractivity contribution >= 4 is 22.7 Å². The Hall–Kier alpha value is -6.22. The highest BCUT2D eigenvalue weighted by atomic mass is 19.1. The van der Waals surface area contributed by atoms with Gasteiger partial charge in [0.25, 0.3) is 11.8 Å². The summed E-state index contributed by atoms with van der Waals surface area (Å²) >= 11 is 0. The van der Waals surface area contributed by atoms with Crippen LogP contribution in [0, 0.1) is 5.82 Å². The first-order chi connectivity index (χ1) is 25.2. The smallest absolute Gasteiger partial charge is 0.258 e. The second-order valence-electron chi connectivity index (χ2n) is 13.0. The third-order valence-corrected chi connectivity index (χ3v) is 9.35. The zero-order valence-corrected chi connectivity index (χ0v) is 29.4. The van der Waals surface area contributed by atoms with E-state index in [0.717, 1.165) is 27.8 Å². The van der Waals surface area contributed by atoms with Gasteiger partial charge in [0, 0.05) is 56.0 Å². The highest BCUT2D eigenvalue weighted by Crippen LogP contribution is 2.44. The van der Waals surface area contributed by atoms with Gasteiger partial charge < -0.3 is 24.0 Å². The zero-order chi connectivity index (χ0) is 36.4. The van der Waals surface area contributed by atoms with Gasteiger partial charge in [0.15, 0.2) is 5.75 Å². The molecule has 0 saturated carbocycles. The summed E-state index contributed by atoms with van der Waals surface area (Å²) in [6.07, 6.45) is 1.61. The van der Waals surface area contributed by atoms with E-state index in [1.54, 1.807) is 57.6 Å². The topological polar surface area (TPSA) is 81.2 Å². The van der Waals surface area contributed by atoms with Crippen LogP contribution in [0.4, 0.5) is 4.39 Å². The average molecular weight is 696 g/mol. The number of ether oxygens (including phenoxy) is 3. The van der Waals surface area contributed by atoms with Crippen molar-refractivity contribution in [2.24, 2.45) is 0 Å². The SMILES string of the molecule is COc1ccc(CN2Cc3c(c(OC(c4ccccc4)c4ccccc4)c4ncc(Cc5ccc(F)cc5)cc4c3C(=O)N(C)C)C2=O)c(OC)c1. The van der Waals surface area contributed by atoms with Gasteiger partial charge in [-0.3, -0.25) is 14.6 Å². The minimum atomic E-state index is -0.589. The normalized spacial score (nSPS) is 12.3. The number of pyridine rings is 1. The highest BCUT2D eigenvalue weighted by Gasteiger charge is 2.39. The van der Waals surface area contributed by atoms with E-state index in [9.17, 15) is 14.0 Å². The predicted octanol–water partition coefficient (Wildman–Crippen LogP) is 8.01. The third kappa shape index (κ3) is 6.65. The number of hydrogen-bond donors (Lipinski definition) is 0. The molecule has 0 N–H and O–H groups in total. The second kappa shape index (κ2) is 14.6. The molecule has 1 aliphatic rings. The van der Waals surface area contributed by atoms with Crippen LogP contribution in [0.15, 0.2) is 115 Å². The van der Waals surface area contributed by atoms with Crippen LogP contribution >= 0.6 is 0 Å². The van der Waals surface area contributed by atoms with Crippen molar-refractivity contribution in [2.75, 3.05) is 28.3 Å². The average Bonchev–Trinajstić information content (AvgIpc) is 3.49. The zero-order valence-electron chi connectivity index (χ0n) is 29.4. The first kappa shape index (κ1) is 34.2. The van der Waals surface area contributed by atoms with Crippen molar-refractivity contribution in [2.45, 2.75) is 25.6 Å². The van der Waals surface area contributed by atoms with Gasteiger partial charge in [0.1, 0.15) is 28.9 Å². The largest absolute Gasteiger partial charge is 0.497 e. The van der Waals surface area contributed by atoms with Crippen LogP contribution in [-0.4, -0.2) is 54.9 Å². The molecule has 1 aliphatic heterocycles. The number of aromatic nitrogens is 1. The lowest BCUT2D eigenvalue weighted by atomic mass is 9.93. The van der Waals surface area contributed by atoms with Crippen molar-refractivity contribution < 1.29 is 28.2 Å². The molecule has 9 heteroatoms. The molecule has 6 aromatic rings. The summed E-state index contributed by atoms with van der Waals surface area (Å²) in [7, 11) is 6.55. The van der Waals surface area contributed by atoms with E-state index in [4.69, 9.17) is 19.2 Å². The molecule has 52 heavy (non-hydrogen) atoms. The van der Waals surface area contributed by atoms with Gasteiger partial charge >= 0.3 is 0 Å². The van der Waals surface area contributed by atoms with E-state index >= 15 is 0 Å². The molecule has 0 bridgehead atoms. The summed E-state index contributed by atoms with van der Waals surface area (Å²) in [5, 5.41) is 0.573. The number of carbonyl (C=O) groups is 2.